The van der Waals surface area contributed by atoms with Crippen molar-refractivity contribution in [1.82, 2.24) is 4.98 Å². The van der Waals surface area contributed by atoms with Gasteiger partial charge in [-0.15, -0.1) is 0 Å². The summed E-state index contributed by atoms with van der Waals surface area (Å²) in [5.41, 5.74) is 0.886. The molecule has 0 spiro atoms. The van der Waals surface area contributed by atoms with E-state index in [0.29, 0.717) is 0 Å². The first-order valence-corrected chi connectivity index (χ1v) is 2.77. The second kappa shape index (κ2) is 3.50. The second-order valence-electron chi connectivity index (χ2n) is 1.65. The summed E-state index contributed by atoms with van der Waals surface area (Å²) in [5.74, 6) is 0. The second-order valence-corrected chi connectivity index (χ2v) is 1.65. The minimum Gasteiger partial charge on any atom is -0.264 e. The Hall–Kier alpha value is -1.51. The number of hydrogen-bond acceptors (Lipinski definition) is 3. The van der Waals surface area contributed by atoms with Crippen molar-refractivity contribution in [3.05, 3.63) is 30.1 Å². The van der Waals surface area contributed by atoms with E-state index in [2.05, 4.69) is 15.2 Å². The van der Waals surface area contributed by atoms with Gasteiger partial charge in [-0.1, -0.05) is 6.07 Å². The molecule has 1 heterocycles. The average Bonchev–Trinajstić information content (AvgIpc) is 2.03. The van der Waals surface area contributed by atoms with E-state index in [1.165, 1.54) is 6.21 Å². The third-order valence-corrected chi connectivity index (χ3v) is 0.958. The molecule has 3 heteroatoms. The van der Waals surface area contributed by atoms with Crippen molar-refractivity contribution < 1.29 is 0 Å². The van der Waals surface area contributed by atoms with E-state index in [-0.39, 0.29) is 0 Å². The Bertz CT molecular complexity index is 228. The molecule has 10 heavy (non-hydrogen) atoms. The van der Waals surface area contributed by atoms with Crippen LogP contribution in [-0.2, 0) is 0 Å². The van der Waals surface area contributed by atoms with Crippen LogP contribution in [0.2, 0.25) is 0 Å². The predicted octanol–water partition coefficient (Wildman–Crippen LogP) is 0.993. The lowest BCUT2D eigenvalue weighted by atomic mass is 10.3. The predicted molar refractivity (Wildman–Crippen MR) is 40.3 cm³/mol. The van der Waals surface area contributed by atoms with Crippen molar-refractivity contribution in [2.24, 2.45) is 10.2 Å². The lowest BCUT2D eigenvalue weighted by Crippen LogP contribution is -1.79. The molecule has 0 atom stereocenters. The zero-order valence-corrected chi connectivity index (χ0v) is 5.31. The zero-order chi connectivity index (χ0) is 7.23. The fraction of sp³-hybridized carbons (Fsp3) is 0. The Morgan fingerprint density at radius 1 is 1.60 bits per heavy atom. The molecule has 1 aromatic heterocycles. The van der Waals surface area contributed by atoms with E-state index in [0.717, 1.165) is 5.56 Å². The van der Waals surface area contributed by atoms with E-state index in [9.17, 15) is 0 Å². The van der Waals surface area contributed by atoms with Gasteiger partial charge in [-0.2, -0.15) is 10.2 Å². The van der Waals surface area contributed by atoms with E-state index in [1.807, 2.05) is 12.1 Å². The molecule has 1 radical (unpaired) electrons. The molecule has 0 N–H and O–H groups in total. The third-order valence-electron chi connectivity index (χ3n) is 0.958. The molecule has 49 valence electrons. The SMILES string of the molecule is [CH]=NN=Cc1cccnc1. The normalized spacial score (nSPS) is 10.0. The topological polar surface area (TPSA) is 37.6 Å². The van der Waals surface area contributed by atoms with Gasteiger partial charge < -0.3 is 0 Å². The Labute approximate surface area is 59.1 Å². The molecule has 0 amide bonds. The standard InChI is InChI=1S/C7H6N3/c1-8-10-6-7-3-2-4-9-5-7/h1-6H. The molecule has 0 fully saturated rings. The van der Waals surface area contributed by atoms with Crippen LogP contribution in [0.3, 0.4) is 0 Å². The van der Waals surface area contributed by atoms with E-state index in [1.54, 1.807) is 12.4 Å². The lowest BCUT2D eigenvalue weighted by molar-refractivity contribution is 1.26. The van der Waals surface area contributed by atoms with Gasteiger partial charge >= 0.3 is 0 Å². The van der Waals surface area contributed by atoms with Gasteiger partial charge in [0, 0.05) is 18.0 Å². The van der Waals surface area contributed by atoms with Gasteiger partial charge in [0.05, 0.1) is 12.9 Å². The maximum atomic E-state index is 4.78. The van der Waals surface area contributed by atoms with Crippen LogP contribution in [0.15, 0.2) is 34.7 Å². The fourth-order valence-corrected chi connectivity index (χ4v) is 0.552. The Morgan fingerprint density at radius 2 is 2.50 bits per heavy atom. The van der Waals surface area contributed by atoms with Gasteiger partial charge in [0.15, 0.2) is 0 Å². The van der Waals surface area contributed by atoms with Crippen molar-refractivity contribution >= 4 is 12.9 Å². The van der Waals surface area contributed by atoms with E-state index >= 15 is 0 Å². The first-order chi connectivity index (χ1) is 4.93. The third kappa shape index (κ3) is 1.78. The molecule has 0 saturated heterocycles. The highest BCUT2D eigenvalue weighted by Gasteiger charge is 1.81. The van der Waals surface area contributed by atoms with Crippen LogP contribution in [0.4, 0.5) is 0 Å². The van der Waals surface area contributed by atoms with Gasteiger partial charge in [0.2, 0.25) is 0 Å². The van der Waals surface area contributed by atoms with Crippen molar-refractivity contribution in [2.75, 3.05) is 0 Å². The number of hydrogen-bond donors (Lipinski definition) is 0. The summed E-state index contributed by atoms with van der Waals surface area (Å²) < 4.78 is 0. The van der Waals surface area contributed by atoms with Crippen LogP contribution in [0.1, 0.15) is 5.56 Å². The van der Waals surface area contributed by atoms with Crippen LogP contribution in [-0.4, -0.2) is 17.9 Å². The molecule has 1 rings (SSSR count). The number of nitrogens with zero attached hydrogens (tertiary/aromatic N) is 3. The zero-order valence-electron chi connectivity index (χ0n) is 5.31. The molecule has 0 bridgehead atoms. The minimum absolute atomic E-state index is 0.886. The van der Waals surface area contributed by atoms with Crippen molar-refractivity contribution in [3.8, 4) is 0 Å². The molecule has 0 aliphatic heterocycles. The molecule has 0 unspecified atom stereocenters. The van der Waals surface area contributed by atoms with Crippen LogP contribution in [0.25, 0.3) is 0 Å². The highest BCUT2D eigenvalue weighted by Crippen LogP contribution is 1.89. The summed E-state index contributed by atoms with van der Waals surface area (Å²) in [4.78, 5) is 3.86. The molecule has 0 aliphatic carbocycles. The molecule has 0 aliphatic rings. The number of rotatable bonds is 2. The van der Waals surface area contributed by atoms with Crippen LogP contribution < -0.4 is 0 Å². The summed E-state index contributed by atoms with van der Waals surface area (Å²) in [6, 6.07) is 3.68. The first kappa shape index (κ1) is 6.61. The van der Waals surface area contributed by atoms with Crippen LogP contribution in [0, 0.1) is 0 Å². The van der Waals surface area contributed by atoms with Gasteiger partial charge in [0.1, 0.15) is 0 Å². The minimum atomic E-state index is 0.886. The summed E-state index contributed by atoms with van der Waals surface area (Å²) in [6.07, 6.45) is 4.90. The molecule has 1 aromatic rings. The maximum absolute atomic E-state index is 4.78. The van der Waals surface area contributed by atoms with E-state index < -0.39 is 0 Å². The average molecular weight is 132 g/mol. The molecule has 0 saturated carbocycles. The van der Waals surface area contributed by atoms with Crippen LogP contribution >= 0.6 is 0 Å². The molecule has 3 nitrogen and oxygen atoms in total. The van der Waals surface area contributed by atoms with Gasteiger partial charge in [-0.3, -0.25) is 4.98 Å². The Balaban J connectivity index is 2.76. The highest BCUT2D eigenvalue weighted by atomic mass is 15.2. The van der Waals surface area contributed by atoms with E-state index in [4.69, 9.17) is 6.72 Å². The lowest BCUT2D eigenvalue weighted by Gasteiger charge is -1.85. The molecule has 0 aromatic carbocycles. The number of pyridine rings is 1. The molecular weight excluding hydrogens is 126 g/mol. The van der Waals surface area contributed by atoms with Gasteiger partial charge in [-0.25, -0.2) is 0 Å². The highest BCUT2D eigenvalue weighted by molar-refractivity contribution is 5.78. The first-order valence-electron chi connectivity index (χ1n) is 2.77. The number of aromatic nitrogens is 1. The van der Waals surface area contributed by atoms with Gasteiger partial charge in [0.25, 0.3) is 0 Å². The van der Waals surface area contributed by atoms with Gasteiger partial charge in [-0.05, 0) is 6.07 Å². The van der Waals surface area contributed by atoms with Crippen molar-refractivity contribution in [1.29, 1.82) is 0 Å². The Kier molecular flexibility index (Phi) is 2.31. The Morgan fingerprint density at radius 3 is 3.10 bits per heavy atom. The summed E-state index contributed by atoms with van der Waals surface area (Å²) in [7, 11) is 0. The summed E-state index contributed by atoms with van der Waals surface area (Å²) in [5, 5.41) is 6.55. The largest absolute Gasteiger partial charge is 0.264 e. The van der Waals surface area contributed by atoms with Crippen LogP contribution in [0.5, 0.6) is 0 Å². The van der Waals surface area contributed by atoms with Crippen molar-refractivity contribution in [3.63, 3.8) is 0 Å². The smallest absolute Gasteiger partial charge is 0.0697 e. The summed E-state index contributed by atoms with van der Waals surface area (Å²) >= 11 is 0. The quantitative estimate of drug-likeness (QED) is 0.436. The fourth-order valence-electron chi connectivity index (χ4n) is 0.552. The molecular formula is C7H6N3. The monoisotopic (exact) mass is 132 g/mol. The summed E-state index contributed by atoms with van der Waals surface area (Å²) in [6.45, 7) is 4.78. The van der Waals surface area contributed by atoms with Crippen molar-refractivity contribution in [2.45, 2.75) is 0 Å². The maximum Gasteiger partial charge on any atom is 0.0697 e.